The molecule has 1 aliphatic heterocycles. The molecule has 1 aliphatic carbocycles. The highest BCUT2D eigenvalue weighted by atomic mass is 35.5. The predicted molar refractivity (Wildman–Crippen MR) is 111 cm³/mol. The lowest BCUT2D eigenvalue weighted by Crippen LogP contribution is -2.53. The first-order chi connectivity index (χ1) is 12.2. The van der Waals surface area contributed by atoms with Gasteiger partial charge in [0.05, 0.1) is 10.2 Å². The van der Waals surface area contributed by atoms with Crippen LogP contribution in [0, 0.1) is 0 Å². The minimum Gasteiger partial charge on any atom is -0.360 e. The second-order valence-corrected chi connectivity index (χ2v) is 8.70. The van der Waals surface area contributed by atoms with E-state index in [0.29, 0.717) is 6.04 Å². The lowest BCUT2D eigenvalue weighted by atomic mass is 9.96. The highest BCUT2D eigenvalue weighted by molar-refractivity contribution is 7.80. The maximum Gasteiger partial charge on any atom is 0.186 e. The van der Waals surface area contributed by atoms with Crippen LogP contribution >= 0.6 is 35.2 Å². The van der Waals surface area contributed by atoms with Crippen molar-refractivity contribution in [3.05, 3.63) is 23.2 Å². The third-order valence-corrected chi connectivity index (χ3v) is 6.80. The van der Waals surface area contributed by atoms with Crippen LogP contribution in [-0.2, 0) is 0 Å². The summed E-state index contributed by atoms with van der Waals surface area (Å²) in [5.41, 5.74) is 1.03. The number of piperazine rings is 1. The van der Waals surface area contributed by atoms with E-state index in [2.05, 4.69) is 15.1 Å². The van der Waals surface area contributed by atoms with Crippen molar-refractivity contribution >= 4 is 55.6 Å². The summed E-state index contributed by atoms with van der Waals surface area (Å²) in [6.07, 6.45) is 6.55. The summed E-state index contributed by atoms with van der Waals surface area (Å²) < 4.78 is 1.15. The molecule has 1 N–H and O–H groups in total. The minimum absolute atomic E-state index is 0.577. The number of hydrogen-bond acceptors (Lipinski definition) is 4. The molecule has 2 heterocycles. The van der Waals surface area contributed by atoms with Gasteiger partial charge in [-0.25, -0.2) is 4.98 Å². The highest BCUT2D eigenvalue weighted by Crippen LogP contribution is 2.31. The molecule has 1 saturated carbocycles. The first-order valence-electron chi connectivity index (χ1n) is 9.05. The highest BCUT2D eigenvalue weighted by Gasteiger charge is 2.23. The summed E-state index contributed by atoms with van der Waals surface area (Å²) in [4.78, 5) is 9.43. The van der Waals surface area contributed by atoms with Gasteiger partial charge in [0.25, 0.3) is 0 Å². The van der Waals surface area contributed by atoms with Crippen molar-refractivity contribution < 1.29 is 0 Å². The summed E-state index contributed by atoms with van der Waals surface area (Å²) in [7, 11) is 0. The number of hydrogen-bond donors (Lipinski definition) is 1. The van der Waals surface area contributed by atoms with E-state index in [0.717, 1.165) is 51.7 Å². The van der Waals surface area contributed by atoms with Crippen molar-refractivity contribution in [2.75, 3.05) is 31.1 Å². The zero-order valence-corrected chi connectivity index (χ0v) is 16.6. The Balaban J connectivity index is 1.34. The van der Waals surface area contributed by atoms with E-state index < -0.39 is 0 Å². The molecular weight excluding hydrogens is 372 g/mol. The summed E-state index contributed by atoms with van der Waals surface area (Å²) >= 11 is 13.4. The van der Waals surface area contributed by atoms with E-state index in [-0.39, 0.29) is 0 Å². The molecule has 0 amide bonds. The molecule has 1 saturated heterocycles. The average Bonchev–Trinajstić information content (AvgIpc) is 3.06. The van der Waals surface area contributed by atoms with Gasteiger partial charge < -0.3 is 15.1 Å². The quantitative estimate of drug-likeness (QED) is 0.768. The third-order valence-electron chi connectivity index (χ3n) is 5.11. The van der Waals surface area contributed by atoms with Crippen LogP contribution in [0.5, 0.6) is 0 Å². The van der Waals surface area contributed by atoms with E-state index >= 15 is 0 Å². The first-order valence-corrected chi connectivity index (χ1v) is 10.7. The summed E-state index contributed by atoms with van der Waals surface area (Å²) in [5, 5.41) is 6.37. The van der Waals surface area contributed by atoms with E-state index in [4.69, 9.17) is 28.8 Å². The SMILES string of the molecule is S=C(NC1CCCCC1)N1CCN(c2nc3ccc(Cl)cc3s2)CC1. The molecule has 0 bridgehead atoms. The zero-order valence-electron chi connectivity index (χ0n) is 14.2. The van der Waals surface area contributed by atoms with Gasteiger partial charge in [-0.15, -0.1) is 0 Å². The molecule has 2 fully saturated rings. The molecule has 4 nitrogen and oxygen atoms in total. The number of anilines is 1. The van der Waals surface area contributed by atoms with Crippen LogP contribution in [-0.4, -0.2) is 47.2 Å². The normalized spacial score (nSPS) is 19.4. The Labute approximate surface area is 163 Å². The van der Waals surface area contributed by atoms with Gasteiger partial charge in [-0.2, -0.15) is 0 Å². The van der Waals surface area contributed by atoms with E-state index in [1.54, 1.807) is 11.3 Å². The number of rotatable bonds is 2. The van der Waals surface area contributed by atoms with Crippen molar-refractivity contribution in [1.29, 1.82) is 0 Å². The van der Waals surface area contributed by atoms with Crippen LogP contribution in [0.25, 0.3) is 10.2 Å². The van der Waals surface area contributed by atoms with Crippen molar-refractivity contribution in [2.24, 2.45) is 0 Å². The van der Waals surface area contributed by atoms with Gasteiger partial charge >= 0.3 is 0 Å². The molecule has 0 unspecified atom stereocenters. The largest absolute Gasteiger partial charge is 0.360 e. The van der Waals surface area contributed by atoms with Crippen molar-refractivity contribution in [3.63, 3.8) is 0 Å². The fraction of sp³-hybridized carbons (Fsp3) is 0.556. The lowest BCUT2D eigenvalue weighted by Gasteiger charge is -2.37. The molecule has 2 aliphatic rings. The van der Waals surface area contributed by atoms with Crippen molar-refractivity contribution in [3.8, 4) is 0 Å². The van der Waals surface area contributed by atoms with Gasteiger partial charge in [0.15, 0.2) is 10.2 Å². The van der Waals surface area contributed by atoms with Crippen LogP contribution in [0.15, 0.2) is 18.2 Å². The minimum atomic E-state index is 0.577. The molecule has 2 aromatic rings. The summed E-state index contributed by atoms with van der Waals surface area (Å²) in [5.74, 6) is 0. The molecule has 0 atom stereocenters. The number of fused-ring (bicyclic) bond motifs is 1. The molecule has 25 heavy (non-hydrogen) atoms. The number of nitrogens with zero attached hydrogens (tertiary/aromatic N) is 3. The second-order valence-electron chi connectivity index (χ2n) is 6.87. The molecule has 1 aromatic heterocycles. The van der Waals surface area contributed by atoms with E-state index in [1.165, 1.54) is 32.1 Å². The Hall–Kier alpha value is -1.11. The maximum atomic E-state index is 6.08. The Bertz CT molecular complexity index is 749. The number of thiocarbonyl (C=S) groups is 1. The average molecular weight is 395 g/mol. The van der Waals surface area contributed by atoms with Crippen LogP contribution in [0.1, 0.15) is 32.1 Å². The molecular formula is C18H23ClN4S2. The monoisotopic (exact) mass is 394 g/mol. The zero-order chi connectivity index (χ0) is 17.2. The van der Waals surface area contributed by atoms with Gasteiger partial charge in [0, 0.05) is 37.2 Å². The number of thiazole rings is 1. The Morgan fingerprint density at radius 2 is 1.92 bits per heavy atom. The van der Waals surface area contributed by atoms with Crippen LogP contribution < -0.4 is 10.2 Å². The fourth-order valence-electron chi connectivity index (χ4n) is 3.64. The Morgan fingerprint density at radius 3 is 2.68 bits per heavy atom. The van der Waals surface area contributed by atoms with Crippen LogP contribution in [0.4, 0.5) is 5.13 Å². The molecule has 0 spiro atoms. The number of nitrogens with one attached hydrogen (secondary N) is 1. The summed E-state index contributed by atoms with van der Waals surface area (Å²) in [6, 6.07) is 6.48. The molecule has 4 rings (SSSR count). The third kappa shape index (κ3) is 4.01. The smallest absolute Gasteiger partial charge is 0.186 e. The standard InChI is InChI=1S/C18H23ClN4S2/c19-13-6-7-15-16(12-13)25-18(21-15)23-10-8-22(9-11-23)17(24)20-14-4-2-1-3-5-14/h6-7,12,14H,1-5,8-11H2,(H,20,24). The van der Waals surface area contributed by atoms with Crippen molar-refractivity contribution in [1.82, 2.24) is 15.2 Å². The Morgan fingerprint density at radius 1 is 1.16 bits per heavy atom. The number of halogens is 1. The van der Waals surface area contributed by atoms with Gasteiger partial charge in [-0.3, -0.25) is 0 Å². The number of aromatic nitrogens is 1. The fourth-order valence-corrected chi connectivity index (χ4v) is 5.28. The molecule has 1 aromatic carbocycles. The maximum absolute atomic E-state index is 6.08. The van der Waals surface area contributed by atoms with Crippen molar-refractivity contribution in [2.45, 2.75) is 38.1 Å². The second kappa shape index (κ2) is 7.64. The van der Waals surface area contributed by atoms with Gasteiger partial charge in [-0.1, -0.05) is 42.2 Å². The van der Waals surface area contributed by atoms with Crippen LogP contribution in [0.3, 0.4) is 0 Å². The summed E-state index contributed by atoms with van der Waals surface area (Å²) in [6.45, 7) is 3.82. The molecule has 134 valence electrons. The topological polar surface area (TPSA) is 31.4 Å². The van der Waals surface area contributed by atoms with Gasteiger partial charge in [0.1, 0.15) is 0 Å². The van der Waals surface area contributed by atoms with Gasteiger partial charge in [0.2, 0.25) is 0 Å². The van der Waals surface area contributed by atoms with E-state index in [9.17, 15) is 0 Å². The lowest BCUT2D eigenvalue weighted by molar-refractivity contribution is 0.355. The predicted octanol–water partition coefficient (Wildman–Crippen LogP) is 4.28. The molecule has 0 radical (unpaired) electrons. The number of benzene rings is 1. The molecule has 7 heteroatoms. The van der Waals surface area contributed by atoms with E-state index in [1.807, 2.05) is 18.2 Å². The first kappa shape index (κ1) is 17.3. The Kier molecular flexibility index (Phi) is 5.29. The van der Waals surface area contributed by atoms with Crippen LogP contribution in [0.2, 0.25) is 5.02 Å². The van der Waals surface area contributed by atoms with Gasteiger partial charge in [-0.05, 0) is 43.3 Å².